The second-order valence-electron chi connectivity index (χ2n) is 17.1. The fraction of sp³-hybridized carbons (Fsp3) is 0.698. The van der Waals surface area contributed by atoms with Crippen LogP contribution in [0.15, 0.2) is 46.1 Å². The normalized spacial score (nSPS) is 39.7. The molecule has 4 aliphatic rings. The average molecular weight is 739 g/mol. The minimum absolute atomic E-state index is 0.00736. The zero-order valence-electron chi connectivity index (χ0n) is 33.5. The molecule has 2 bridgehead atoms. The number of ketones is 3. The van der Waals surface area contributed by atoms with E-state index >= 15 is 0 Å². The number of hydrogen-bond acceptors (Lipinski definition) is 10. The summed E-state index contributed by atoms with van der Waals surface area (Å²) in [4.78, 5) is 70.3. The van der Waals surface area contributed by atoms with E-state index in [1.807, 2.05) is 46.8 Å². The van der Waals surface area contributed by atoms with Crippen LogP contribution in [0.3, 0.4) is 0 Å². The number of carbonyl (C=O) groups excluding carboxylic acids is 5. The molecule has 0 amide bonds. The van der Waals surface area contributed by atoms with Gasteiger partial charge in [0, 0.05) is 43.9 Å². The molecule has 0 radical (unpaired) electrons. The van der Waals surface area contributed by atoms with Gasteiger partial charge in [0.2, 0.25) is 0 Å². The molecule has 2 aliphatic carbocycles. The van der Waals surface area contributed by atoms with Crippen molar-refractivity contribution in [1.29, 1.82) is 0 Å². The fourth-order valence-corrected chi connectivity index (χ4v) is 9.14. The maximum atomic E-state index is 14.8. The topological polar surface area (TPSA) is 154 Å². The summed E-state index contributed by atoms with van der Waals surface area (Å²) in [7, 11) is 1.26. The number of methoxy groups -OCH3 is 1. The van der Waals surface area contributed by atoms with E-state index in [0.29, 0.717) is 49.7 Å². The van der Waals surface area contributed by atoms with Gasteiger partial charge in [-0.3, -0.25) is 24.0 Å². The van der Waals surface area contributed by atoms with Gasteiger partial charge in [0.1, 0.15) is 17.5 Å². The van der Waals surface area contributed by atoms with Gasteiger partial charge in [-0.25, -0.2) is 0 Å². The zero-order chi connectivity index (χ0) is 39.6. The second-order valence-corrected chi connectivity index (χ2v) is 17.1. The van der Waals surface area contributed by atoms with Crippen molar-refractivity contribution >= 4 is 29.3 Å². The van der Waals surface area contributed by atoms with E-state index < -0.39 is 64.6 Å². The van der Waals surface area contributed by atoms with Gasteiger partial charge in [-0.2, -0.15) is 0 Å². The first-order valence-electron chi connectivity index (χ1n) is 19.3. The van der Waals surface area contributed by atoms with Crippen LogP contribution in [0.1, 0.15) is 127 Å². The van der Waals surface area contributed by atoms with Gasteiger partial charge in [-0.05, 0) is 104 Å². The van der Waals surface area contributed by atoms with Gasteiger partial charge in [0.15, 0.2) is 11.6 Å². The van der Waals surface area contributed by atoms with Crippen LogP contribution in [0.5, 0.6) is 0 Å². The Labute approximate surface area is 315 Å². The molecule has 10 nitrogen and oxygen atoms in total. The highest BCUT2D eigenvalue weighted by atomic mass is 16.6. The first-order chi connectivity index (χ1) is 24.6. The molecular formula is C43H62O10. The number of esters is 2. The van der Waals surface area contributed by atoms with E-state index in [1.54, 1.807) is 26.8 Å². The predicted molar refractivity (Wildman–Crippen MR) is 200 cm³/mol. The lowest BCUT2D eigenvalue weighted by molar-refractivity contribution is -0.239. The lowest BCUT2D eigenvalue weighted by Gasteiger charge is -2.50. The molecule has 0 saturated carbocycles. The van der Waals surface area contributed by atoms with Gasteiger partial charge in [0.05, 0.1) is 30.3 Å². The number of aliphatic hydroxyl groups is 2. The van der Waals surface area contributed by atoms with Crippen LogP contribution in [0.25, 0.3) is 0 Å². The Balaban J connectivity index is 2.05. The summed E-state index contributed by atoms with van der Waals surface area (Å²) < 4.78 is 17.9. The number of rotatable bonds is 3. The monoisotopic (exact) mass is 738 g/mol. The molecule has 0 aromatic rings. The van der Waals surface area contributed by atoms with E-state index in [0.717, 1.165) is 16.7 Å². The zero-order valence-corrected chi connectivity index (χ0v) is 33.5. The maximum absolute atomic E-state index is 14.8. The third-order valence-electron chi connectivity index (χ3n) is 12.6. The van der Waals surface area contributed by atoms with Crippen LogP contribution in [0.4, 0.5) is 0 Å². The Morgan fingerprint density at radius 1 is 0.943 bits per heavy atom. The van der Waals surface area contributed by atoms with Crippen LogP contribution in [0.2, 0.25) is 0 Å². The first-order valence-corrected chi connectivity index (χ1v) is 19.3. The highest BCUT2D eigenvalue weighted by Gasteiger charge is 2.60. The van der Waals surface area contributed by atoms with E-state index in [4.69, 9.17) is 14.2 Å². The van der Waals surface area contributed by atoms with Crippen molar-refractivity contribution < 1.29 is 48.4 Å². The molecule has 0 spiro atoms. The van der Waals surface area contributed by atoms with Gasteiger partial charge < -0.3 is 24.4 Å². The molecule has 2 N–H and O–H groups in total. The van der Waals surface area contributed by atoms with E-state index in [-0.39, 0.29) is 49.0 Å². The van der Waals surface area contributed by atoms with Crippen molar-refractivity contribution in [3.63, 3.8) is 0 Å². The van der Waals surface area contributed by atoms with Gasteiger partial charge in [0.25, 0.3) is 0 Å². The molecule has 10 heteroatoms. The summed E-state index contributed by atoms with van der Waals surface area (Å²) in [6.07, 6.45) is 5.18. The molecule has 9 atom stereocenters. The predicted octanol–water partition coefficient (Wildman–Crippen LogP) is 6.66. The Morgan fingerprint density at radius 3 is 2.25 bits per heavy atom. The van der Waals surface area contributed by atoms with E-state index in [1.165, 1.54) is 14.0 Å². The maximum Gasteiger partial charge on any atom is 0.313 e. The number of allylic oxidation sites excluding steroid dienone is 7. The Kier molecular flexibility index (Phi) is 13.4. The Hall–Kier alpha value is -3.21. The quantitative estimate of drug-likeness (QED) is 0.238. The van der Waals surface area contributed by atoms with Crippen LogP contribution in [0, 0.1) is 29.1 Å². The largest absolute Gasteiger partial charge is 0.469 e. The smallest absolute Gasteiger partial charge is 0.313 e. The number of ether oxygens (including phenoxy) is 3. The fourth-order valence-electron chi connectivity index (χ4n) is 9.14. The minimum Gasteiger partial charge on any atom is -0.469 e. The molecule has 2 heterocycles. The number of Topliss-reactive ketones (excluding diaryl/α,β-unsaturated/α-hetero) is 2. The SMILES string of the molecule is COC(=O)[C@]12CC(=O)[C@H](C(C)C)CC(=O)/C(C)=C\CC/C(C)=C\C(=O)[C@H]1CC(C)=C1C[C@H](OC(C)=O)[C@](C)(O)[C@H]3CC[C@@](C)(O)[C@H](CC/C(C)=C\[C@@H]12)O3. The number of carbonyl (C=O) groups is 5. The second kappa shape index (κ2) is 16.7. The van der Waals surface area contributed by atoms with Gasteiger partial charge in [-0.15, -0.1) is 0 Å². The summed E-state index contributed by atoms with van der Waals surface area (Å²) in [6.45, 7) is 15.7. The molecule has 0 unspecified atom stereocenters. The molecular weight excluding hydrogens is 676 g/mol. The van der Waals surface area contributed by atoms with Crippen molar-refractivity contribution in [3.05, 3.63) is 46.1 Å². The Bertz CT molecular complexity index is 1590. The van der Waals surface area contributed by atoms with E-state index in [2.05, 4.69) is 0 Å². The van der Waals surface area contributed by atoms with Crippen molar-refractivity contribution in [3.8, 4) is 0 Å². The molecule has 294 valence electrons. The minimum atomic E-state index is -1.73. The summed E-state index contributed by atoms with van der Waals surface area (Å²) in [5, 5.41) is 23.6. The molecule has 0 aromatic carbocycles. The summed E-state index contributed by atoms with van der Waals surface area (Å²) >= 11 is 0. The molecule has 53 heavy (non-hydrogen) atoms. The first kappa shape index (κ1) is 42.5. The molecule has 4 rings (SSSR count). The Morgan fingerprint density at radius 2 is 1.62 bits per heavy atom. The lowest BCUT2D eigenvalue weighted by Crippen LogP contribution is -2.59. The van der Waals surface area contributed by atoms with Crippen molar-refractivity contribution in [1.82, 2.24) is 0 Å². The molecule has 1 saturated heterocycles. The summed E-state index contributed by atoms with van der Waals surface area (Å²) in [5.41, 5.74) is -0.945. The highest BCUT2D eigenvalue weighted by Crippen LogP contribution is 2.56. The molecule has 0 aromatic heterocycles. The summed E-state index contributed by atoms with van der Waals surface area (Å²) in [5.74, 6) is -4.86. The van der Waals surface area contributed by atoms with Gasteiger partial charge in [-0.1, -0.05) is 48.3 Å². The highest BCUT2D eigenvalue weighted by molar-refractivity contribution is 6.02. The van der Waals surface area contributed by atoms with E-state index in [9.17, 15) is 34.2 Å². The van der Waals surface area contributed by atoms with Crippen molar-refractivity contribution in [2.75, 3.05) is 7.11 Å². The molecule has 1 fully saturated rings. The average Bonchev–Trinajstić information content (AvgIpc) is 3.06. The van der Waals surface area contributed by atoms with Crippen LogP contribution >= 0.6 is 0 Å². The third kappa shape index (κ3) is 9.03. The van der Waals surface area contributed by atoms with Gasteiger partial charge >= 0.3 is 11.9 Å². The van der Waals surface area contributed by atoms with Crippen LogP contribution in [-0.4, -0.2) is 76.1 Å². The number of hydrogen-bond donors (Lipinski definition) is 2. The lowest BCUT2D eigenvalue weighted by atomic mass is 9.53. The molecule has 2 aliphatic heterocycles. The standard InChI is InChI=1S/C43H62O10/c1-24(2)30-21-34(45)27(5)13-11-12-25(3)19-35(46)33-20-28(6)31-22-39(52-29(7)44)42(9,50)38-16-17-41(8,49)37(53-38)15-14-26(4)18-32(31)43(33,23-36(30)47)40(48)51-10/h13,18-19,24,30,32-33,37-39,49-50H,11-12,14-17,20-23H2,1-10H3/b25-19-,26-18-,27-13-/t30-,32-,33+,37-,38+,39-,41+,42+,43-/m0/s1. The van der Waals surface area contributed by atoms with Crippen molar-refractivity contribution in [2.45, 2.75) is 156 Å². The van der Waals surface area contributed by atoms with Crippen LogP contribution in [-0.2, 0) is 38.2 Å². The third-order valence-corrected chi connectivity index (χ3v) is 12.6. The summed E-state index contributed by atoms with van der Waals surface area (Å²) in [6, 6.07) is 0. The number of fused-ring (bicyclic) bond motifs is 5. The van der Waals surface area contributed by atoms with Crippen molar-refractivity contribution in [2.24, 2.45) is 29.1 Å². The van der Waals surface area contributed by atoms with Crippen LogP contribution < -0.4 is 0 Å².